The summed E-state index contributed by atoms with van der Waals surface area (Å²) < 4.78 is 23.7. The number of halogens is 2. The molecule has 1 atom stereocenters. The summed E-state index contributed by atoms with van der Waals surface area (Å²) in [7, 11) is -3.04. The van der Waals surface area contributed by atoms with Gasteiger partial charge in [0.1, 0.15) is 0 Å². The highest BCUT2D eigenvalue weighted by Crippen LogP contribution is 2.30. The van der Waals surface area contributed by atoms with Gasteiger partial charge in [0.05, 0.1) is 11.5 Å². The van der Waals surface area contributed by atoms with E-state index in [1.54, 1.807) is 29.2 Å². The minimum absolute atomic E-state index is 0.0704. The molecule has 0 N–H and O–H groups in total. The molecule has 0 spiro atoms. The lowest BCUT2D eigenvalue weighted by Crippen LogP contribution is -2.46. The van der Waals surface area contributed by atoms with Gasteiger partial charge in [-0.1, -0.05) is 36.0 Å². The third-order valence-corrected chi connectivity index (χ3v) is 7.27. The summed E-state index contributed by atoms with van der Waals surface area (Å²) in [4.78, 5) is 14.7. The van der Waals surface area contributed by atoms with E-state index in [1.807, 2.05) is 0 Å². The Labute approximate surface area is 158 Å². The lowest BCUT2D eigenvalue weighted by molar-refractivity contribution is -0.130. The van der Waals surface area contributed by atoms with Crippen LogP contribution in [0.3, 0.4) is 0 Å². The molecule has 2 aliphatic rings. The molecule has 1 aliphatic carbocycles. The molecule has 1 unspecified atom stereocenters. The Morgan fingerprint density at radius 3 is 2.48 bits per heavy atom. The maximum atomic E-state index is 12.9. The average molecular weight is 402 g/mol. The van der Waals surface area contributed by atoms with Gasteiger partial charge in [0, 0.05) is 28.2 Å². The molecule has 0 bridgehead atoms. The number of carbonyl (C=O) groups is 1. The van der Waals surface area contributed by atoms with Crippen molar-refractivity contribution in [2.75, 3.05) is 11.5 Å². The first kappa shape index (κ1) is 18.7. The van der Waals surface area contributed by atoms with E-state index in [0.29, 0.717) is 22.0 Å². The highest BCUT2D eigenvalue weighted by molar-refractivity contribution is 7.91. The molecule has 2 fully saturated rings. The van der Waals surface area contributed by atoms with Crippen molar-refractivity contribution in [2.45, 2.75) is 44.2 Å². The molecule has 3 rings (SSSR count). The molecule has 0 radical (unpaired) electrons. The fraction of sp³-hybridized carbons (Fsp3) is 0.500. The smallest absolute Gasteiger partial charge is 0.247 e. The predicted octanol–water partition coefficient (Wildman–Crippen LogP) is 3.96. The highest BCUT2D eigenvalue weighted by Gasteiger charge is 2.38. The lowest BCUT2D eigenvalue weighted by atomic mass is 10.1. The normalized spacial score (nSPS) is 23.4. The summed E-state index contributed by atoms with van der Waals surface area (Å²) in [5.74, 6) is 0.0870. The van der Waals surface area contributed by atoms with Crippen LogP contribution in [0.1, 0.15) is 37.7 Å². The van der Waals surface area contributed by atoms with E-state index >= 15 is 0 Å². The molecule has 1 amide bonds. The maximum absolute atomic E-state index is 12.9. The van der Waals surface area contributed by atoms with Gasteiger partial charge in [-0.15, -0.1) is 0 Å². The second-order valence-electron chi connectivity index (χ2n) is 6.74. The molecule has 1 saturated carbocycles. The van der Waals surface area contributed by atoms with E-state index in [4.69, 9.17) is 23.2 Å². The largest absolute Gasteiger partial charge is 0.332 e. The zero-order valence-corrected chi connectivity index (χ0v) is 16.2. The first-order valence-electron chi connectivity index (χ1n) is 8.51. The minimum Gasteiger partial charge on any atom is -0.332 e. The molecular weight excluding hydrogens is 381 g/mol. The van der Waals surface area contributed by atoms with Gasteiger partial charge in [0.15, 0.2) is 9.84 Å². The van der Waals surface area contributed by atoms with Crippen LogP contribution in [0, 0.1) is 0 Å². The van der Waals surface area contributed by atoms with Gasteiger partial charge in [0.25, 0.3) is 0 Å². The SMILES string of the molecule is O=C(C=Cc1cc(Cl)ccc1Cl)N(C1CCCC1)C1CCS(=O)(=O)C1. The Bertz CT molecular complexity index is 786. The van der Waals surface area contributed by atoms with Crippen molar-refractivity contribution in [3.63, 3.8) is 0 Å². The summed E-state index contributed by atoms with van der Waals surface area (Å²) >= 11 is 12.1. The summed E-state index contributed by atoms with van der Waals surface area (Å²) in [6, 6.07) is 4.99. The van der Waals surface area contributed by atoms with Crippen molar-refractivity contribution < 1.29 is 13.2 Å². The van der Waals surface area contributed by atoms with Gasteiger partial charge < -0.3 is 4.90 Å². The Morgan fingerprint density at radius 1 is 1.12 bits per heavy atom. The molecule has 1 aromatic carbocycles. The van der Waals surface area contributed by atoms with Crippen molar-refractivity contribution in [1.82, 2.24) is 4.90 Å². The molecule has 25 heavy (non-hydrogen) atoms. The van der Waals surface area contributed by atoms with Gasteiger partial charge in [-0.2, -0.15) is 0 Å². The van der Waals surface area contributed by atoms with E-state index in [9.17, 15) is 13.2 Å². The monoisotopic (exact) mass is 401 g/mol. The summed E-state index contributed by atoms with van der Waals surface area (Å²) in [5.41, 5.74) is 0.674. The van der Waals surface area contributed by atoms with Crippen molar-refractivity contribution in [1.29, 1.82) is 0 Å². The van der Waals surface area contributed by atoms with Crippen molar-refractivity contribution in [2.24, 2.45) is 0 Å². The Hall–Kier alpha value is -1.04. The van der Waals surface area contributed by atoms with E-state index in [2.05, 4.69) is 0 Å². The number of sulfone groups is 1. The first-order chi connectivity index (χ1) is 11.9. The Morgan fingerprint density at radius 2 is 1.84 bits per heavy atom. The summed E-state index contributed by atoms with van der Waals surface area (Å²) in [6.45, 7) is 0. The molecular formula is C18H21Cl2NO3S. The summed E-state index contributed by atoms with van der Waals surface area (Å²) in [5, 5.41) is 1.07. The molecule has 1 heterocycles. The number of hydrogen-bond acceptors (Lipinski definition) is 3. The van der Waals surface area contributed by atoms with Crippen LogP contribution in [0.4, 0.5) is 0 Å². The predicted molar refractivity (Wildman–Crippen MR) is 102 cm³/mol. The quantitative estimate of drug-likeness (QED) is 0.717. The Kier molecular flexibility index (Phi) is 5.76. The molecule has 0 aromatic heterocycles. The van der Waals surface area contributed by atoms with E-state index in [-0.39, 0.29) is 29.5 Å². The van der Waals surface area contributed by atoms with Crippen molar-refractivity contribution in [3.8, 4) is 0 Å². The zero-order valence-electron chi connectivity index (χ0n) is 13.8. The fourth-order valence-corrected chi connectivity index (χ4v) is 5.80. The molecule has 1 saturated heterocycles. The lowest BCUT2D eigenvalue weighted by Gasteiger charge is -2.33. The van der Waals surface area contributed by atoms with Crippen molar-refractivity contribution in [3.05, 3.63) is 39.9 Å². The minimum atomic E-state index is -3.04. The van der Waals surface area contributed by atoms with E-state index < -0.39 is 9.84 Å². The van der Waals surface area contributed by atoms with Gasteiger partial charge in [-0.25, -0.2) is 8.42 Å². The van der Waals surface area contributed by atoms with Crippen LogP contribution in [-0.4, -0.2) is 42.8 Å². The molecule has 1 aliphatic heterocycles. The van der Waals surface area contributed by atoms with Crippen LogP contribution in [0.25, 0.3) is 6.08 Å². The Balaban J connectivity index is 1.81. The standard InChI is InChI=1S/C18H21Cl2NO3S/c19-14-6-7-17(20)13(11-14)5-8-18(22)21(15-3-1-2-4-15)16-9-10-25(23,24)12-16/h5-8,11,15-16H,1-4,9-10,12H2. The highest BCUT2D eigenvalue weighted by atomic mass is 35.5. The fourth-order valence-electron chi connectivity index (χ4n) is 3.72. The number of carbonyl (C=O) groups excluding carboxylic acids is 1. The van der Waals surface area contributed by atoms with Crippen LogP contribution in [0.15, 0.2) is 24.3 Å². The third kappa shape index (κ3) is 4.57. The van der Waals surface area contributed by atoms with E-state index in [1.165, 1.54) is 6.08 Å². The van der Waals surface area contributed by atoms with Crippen LogP contribution in [0.2, 0.25) is 10.0 Å². The molecule has 7 heteroatoms. The van der Waals surface area contributed by atoms with Crippen LogP contribution < -0.4 is 0 Å². The maximum Gasteiger partial charge on any atom is 0.247 e. The van der Waals surface area contributed by atoms with Gasteiger partial charge in [-0.05, 0) is 49.1 Å². The second-order valence-corrected chi connectivity index (χ2v) is 9.81. The zero-order chi connectivity index (χ0) is 18.0. The summed E-state index contributed by atoms with van der Waals surface area (Å²) in [6.07, 6.45) is 7.71. The molecule has 4 nitrogen and oxygen atoms in total. The van der Waals surface area contributed by atoms with Gasteiger partial charge in [0.2, 0.25) is 5.91 Å². The van der Waals surface area contributed by atoms with Crippen LogP contribution in [-0.2, 0) is 14.6 Å². The molecule has 136 valence electrons. The number of rotatable bonds is 4. The first-order valence-corrected chi connectivity index (χ1v) is 11.1. The third-order valence-electron chi connectivity index (χ3n) is 4.94. The van der Waals surface area contributed by atoms with Crippen molar-refractivity contribution >= 4 is 45.0 Å². The number of amides is 1. The number of benzene rings is 1. The number of nitrogens with zero attached hydrogens (tertiary/aromatic N) is 1. The average Bonchev–Trinajstić information content (AvgIpc) is 3.19. The van der Waals surface area contributed by atoms with Crippen LogP contribution in [0.5, 0.6) is 0 Å². The van der Waals surface area contributed by atoms with Crippen LogP contribution >= 0.6 is 23.2 Å². The van der Waals surface area contributed by atoms with Gasteiger partial charge in [-0.3, -0.25) is 4.79 Å². The second kappa shape index (κ2) is 7.68. The number of hydrogen-bond donors (Lipinski definition) is 0. The topological polar surface area (TPSA) is 54.5 Å². The molecule has 1 aromatic rings. The van der Waals surface area contributed by atoms with E-state index in [0.717, 1.165) is 25.7 Å². The van der Waals surface area contributed by atoms with Gasteiger partial charge >= 0.3 is 0 Å².